The molecule has 1 atom stereocenters. The molecule has 0 aliphatic heterocycles. The maximum absolute atomic E-state index is 12.0. The van der Waals surface area contributed by atoms with Gasteiger partial charge in [0.25, 0.3) is 0 Å². The summed E-state index contributed by atoms with van der Waals surface area (Å²) in [5, 5.41) is 0.683. The Bertz CT molecular complexity index is 386. The fraction of sp³-hybridized carbons (Fsp3) is 0.562. The van der Waals surface area contributed by atoms with Gasteiger partial charge in [0.05, 0.1) is 0 Å². The average Bonchev–Trinajstić information content (AvgIpc) is 2.39. The first-order chi connectivity index (χ1) is 9.17. The lowest BCUT2D eigenvalue weighted by atomic mass is 9.92. The normalized spacial score (nSPS) is 12.4. The van der Waals surface area contributed by atoms with E-state index >= 15 is 0 Å². The predicted molar refractivity (Wildman–Crippen MR) is 81.5 cm³/mol. The van der Waals surface area contributed by atoms with E-state index in [2.05, 4.69) is 6.92 Å². The lowest BCUT2D eigenvalue weighted by Gasteiger charge is -2.14. The maximum atomic E-state index is 12.0. The summed E-state index contributed by atoms with van der Waals surface area (Å²) in [5.74, 6) is 0.858. The van der Waals surface area contributed by atoms with Gasteiger partial charge in [-0.3, -0.25) is 4.79 Å². The highest BCUT2D eigenvalue weighted by molar-refractivity contribution is 6.31. The van der Waals surface area contributed by atoms with E-state index in [1.807, 2.05) is 24.3 Å². The molecule has 1 aromatic rings. The van der Waals surface area contributed by atoms with E-state index in [9.17, 15) is 4.79 Å². The van der Waals surface area contributed by atoms with Gasteiger partial charge >= 0.3 is 0 Å². The van der Waals surface area contributed by atoms with E-state index < -0.39 is 0 Å². The second-order valence-electron chi connectivity index (χ2n) is 5.08. The fourth-order valence-corrected chi connectivity index (χ4v) is 2.59. The molecule has 0 aliphatic rings. The van der Waals surface area contributed by atoms with E-state index in [1.165, 1.54) is 0 Å². The molecule has 1 unspecified atom stereocenters. The summed E-state index contributed by atoms with van der Waals surface area (Å²) >= 11 is 6.06. The molecule has 1 rings (SSSR count). The molecule has 106 valence electrons. The molecule has 0 fully saturated rings. The zero-order valence-electron chi connectivity index (χ0n) is 11.7. The molecule has 2 nitrogen and oxygen atoms in total. The molecule has 19 heavy (non-hydrogen) atoms. The van der Waals surface area contributed by atoms with Crippen molar-refractivity contribution >= 4 is 17.4 Å². The Kier molecular flexibility index (Phi) is 7.76. The zero-order chi connectivity index (χ0) is 14.1. The van der Waals surface area contributed by atoms with Crippen LogP contribution < -0.4 is 5.73 Å². The molecule has 0 amide bonds. The van der Waals surface area contributed by atoms with Crippen LogP contribution in [-0.2, 0) is 11.2 Å². The lowest BCUT2D eigenvalue weighted by Crippen LogP contribution is -2.12. The van der Waals surface area contributed by atoms with E-state index in [-0.39, 0.29) is 5.78 Å². The van der Waals surface area contributed by atoms with Crippen molar-refractivity contribution in [2.45, 2.75) is 45.4 Å². The first kappa shape index (κ1) is 16.2. The molecule has 0 heterocycles. The largest absolute Gasteiger partial charge is 0.330 e. The Hall–Kier alpha value is -0.860. The van der Waals surface area contributed by atoms with Gasteiger partial charge in [0, 0.05) is 17.9 Å². The van der Waals surface area contributed by atoms with Gasteiger partial charge in [0.15, 0.2) is 0 Å². The third kappa shape index (κ3) is 6.22. The minimum Gasteiger partial charge on any atom is -0.330 e. The van der Waals surface area contributed by atoms with Crippen molar-refractivity contribution < 1.29 is 4.79 Å². The van der Waals surface area contributed by atoms with Gasteiger partial charge in [0.1, 0.15) is 5.78 Å². The van der Waals surface area contributed by atoms with Crippen LogP contribution >= 0.6 is 11.6 Å². The minimum atomic E-state index is 0.270. The molecule has 0 aliphatic carbocycles. The fourth-order valence-electron chi connectivity index (χ4n) is 2.38. The standard InChI is InChI=1S/C16H24ClNO/c1-2-5-13(10-11-18)8-9-15(19)12-14-6-3-4-7-16(14)17/h3-4,6-7,13H,2,5,8-12,18H2,1H3. The summed E-state index contributed by atoms with van der Waals surface area (Å²) in [6, 6.07) is 7.56. The second-order valence-corrected chi connectivity index (χ2v) is 5.48. The molecule has 3 heteroatoms. The molecule has 1 aromatic carbocycles. The SMILES string of the molecule is CCCC(CCN)CCC(=O)Cc1ccccc1Cl. The molecule has 2 N–H and O–H groups in total. The van der Waals surface area contributed by atoms with Crippen LogP contribution in [0.15, 0.2) is 24.3 Å². The smallest absolute Gasteiger partial charge is 0.137 e. The van der Waals surface area contributed by atoms with Crippen LogP contribution in [0.4, 0.5) is 0 Å². The number of nitrogens with two attached hydrogens (primary N) is 1. The predicted octanol–water partition coefficient (Wildman–Crippen LogP) is 4.00. The van der Waals surface area contributed by atoms with Crippen LogP contribution in [0.1, 0.15) is 44.6 Å². The van der Waals surface area contributed by atoms with Gasteiger partial charge in [-0.1, -0.05) is 49.6 Å². The average molecular weight is 282 g/mol. The Morgan fingerprint density at radius 2 is 2.00 bits per heavy atom. The van der Waals surface area contributed by atoms with Gasteiger partial charge in [-0.25, -0.2) is 0 Å². The quantitative estimate of drug-likeness (QED) is 0.743. The number of halogens is 1. The summed E-state index contributed by atoms with van der Waals surface area (Å²) in [4.78, 5) is 12.0. The highest BCUT2D eigenvalue weighted by atomic mass is 35.5. The Balaban J connectivity index is 2.40. The Labute approximate surface area is 121 Å². The zero-order valence-corrected chi connectivity index (χ0v) is 12.5. The van der Waals surface area contributed by atoms with Crippen LogP contribution in [0.25, 0.3) is 0 Å². The van der Waals surface area contributed by atoms with Crippen LogP contribution in [-0.4, -0.2) is 12.3 Å². The van der Waals surface area contributed by atoms with Crippen LogP contribution in [0.3, 0.4) is 0 Å². The van der Waals surface area contributed by atoms with Crippen molar-refractivity contribution in [2.24, 2.45) is 11.7 Å². The molecule has 0 aromatic heterocycles. The van der Waals surface area contributed by atoms with Crippen molar-refractivity contribution in [3.63, 3.8) is 0 Å². The summed E-state index contributed by atoms with van der Waals surface area (Å²) in [7, 11) is 0. The van der Waals surface area contributed by atoms with Crippen molar-refractivity contribution in [2.75, 3.05) is 6.54 Å². The van der Waals surface area contributed by atoms with E-state index in [4.69, 9.17) is 17.3 Å². The highest BCUT2D eigenvalue weighted by Crippen LogP contribution is 2.20. The number of Topliss-reactive ketones (excluding diaryl/α,β-unsaturated/α-hetero) is 1. The molecule has 0 saturated carbocycles. The molecule has 0 radical (unpaired) electrons. The van der Waals surface area contributed by atoms with Gasteiger partial charge in [-0.15, -0.1) is 0 Å². The number of carbonyl (C=O) groups is 1. The van der Waals surface area contributed by atoms with Gasteiger partial charge in [0.2, 0.25) is 0 Å². The first-order valence-electron chi connectivity index (χ1n) is 7.12. The first-order valence-corrected chi connectivity index (χ1v) is 7.50. The van der Waals surface area contributed by atoms with Gasteiger partial charge < -0.3 is 5.73 Å². The van der Waals surface area contributed by atoms with Crippen LogP contribution in [0.5, 0.6) is 0 Å². The summed E-state index contributed by atoms with van der Waals surface area (Å²) < 4.78 is 0. The molecule has 0 bridgehead atoms. The Morgan fingerprint density at radius 1 is 1.26 bits per heavy atom. The van der Waals surface area contributed by atoms with Crippen molar-refractivity contribution in [3.05, 3.63) is 34.9 Å². The molecular formula is C16H24ClNO. The van der Waals surface area contributed by atoms with Crippen LogP contribution in [0, 0.1) is 5.92 Å². The number of hydrogen-bond acceptors (Lipinski definition) is 2. The maximum Gasteiger partial charge on any atom is 0.137 e. The Morgan fingerprint density at radius 3 is 2.63 bits per heavy atom. The van der Waals surface area contributed by atoms with Gasteiger partial charge in [-0.05, 0) is 36.9 Å². The molecular weight excluding hydrogens is 258 g/mol. The van der Waals surface area contributed by atoms with E-state index in [0.717, 1.165) is 31.2 Å². The third-order valence-corrected chi connectivity index (χ3v) is 3.82. The topological polar surface area (TPSA) is 43.1 Å². The number of benzene rings is 1. The van der Waals surface area contributed by atoms with Crippen LogP contribution in [0.2, 0.25) is 5.02 Å². The lowest BCUT2D eigenvalue weighted by molar-refractivity contribution is -0.118. The molecule has 0 spiro atoms. The highest BCUT2D eigenvalue weighted by Gasteiger charge is 2.11. The van der Waals surface area contributed by atoms with Crippen molar-refractivity contribution in [1.82, 2.24) is 0 Å². The van der Waals surface area contributed by atoms with Gasteiger partial charge in [-0.2, -0.15) is 0 Å². The summed E-state index contributed by atoms with van der Waals surface area (Å²) in [6.07, 6.45) is 5.37. The second kappa shape index (κ2) is 9.11. The number of rotatable bonds is 9. The monoisotopic (exact) mass is 281 g/mol. The number of ketones is 1. The van der Waals surface area contributed by atoms with Crippen molar-refractivity contribution in [1.29, 1.82) is 0 Å². The van der Waals surface area contributed by atoms with Crippen molar-refractivity contribution in [3.8, 4) is 0 Å². The third-order valence-electron chi connectivity index (χ3n) is 3.45. The summed E-state index contributed by atoms with van der Waals surface area (Å²) in [6.45, 7) is 2.89. The molecule has 0 saturated heterocycles. The minimum absolute atomic E-state index is 0.270. The van der Waals surface area contributed by atoms with E-state index in [0.29, 0.717) is 30.3 Å². The number of hydrogen-bond donors (Lipinski definition) is 1. The summed E-state index contributed by atoms with van der Waals surface area (Å²) in [5.41, 5.74) is 6.54. The number of carbonyl (C=O) groups excluding carboxylic acids is 1. The van der Waals surface area contributed by atoms with E-state index in [1.54, 1.807) is 0 Å².